The van der Waals surface area contributed by atoms with Crippen LogP contribution in [0.4, 0.5) is 5.82 Å². The first-order valence-corrected chi connectivity index (χ1v) is 5.85. The highest BCUT2D eigenvalue weighted by molar-refractivity contribution is 9.10. The van der Waals surface area contributed by atoms with E-state index in [0.717, 1.165) is 21.3 Å². The first-order valence-electron chi connectivity index (χ1n) is 5.06. The van der Waals surface area contributed by atoms with E-state index in [0.29, 0.717) is 5.82 Å². The van der Waals surface area contributed by atoms with Gasteiger partial charge in [0.1, 0.15) is 5.82 Å². The smallest absolute Gasteiger partial charge is 0.124 e. The van der Waals surface area contributed by atoms with Gasteiger partial charge in [-0.1, -0.05) is 28.1 Å². The molecule has 0 bridgehead atoms. The second-order valence-electron chi connectivity index (χ2n) is 3.97. The third-order valence-electron chi connectivity index (χ3n) is 2.72. The number of nitrogens with two attached hydrogens (primary N) is 1. The molecule has 1 heterocycles. The van der Waals surface area contributed by atoms with Gasteiger partial charge in [-0.15, -0.1) is 0 Å². The van der Waals surface area contributed by atoms with E-state index in [4.69, 9.17) is 5.73 Å². The minimum Gasteiger partial charge on any atom is -0.384 e. The molecule has 0 spiro atoms. The van der Waals surface area contributed by atoms with Crippen molar-refractivity contribution in [2.45, 2.75) is 13.8 Å². The van der Waals surface area contributed by atoms with Crippen molar-refractivity contribution in [2.75, 3.05) is 5.73 Å². The van der Waals surface area contributed by atoms with Crippen molar-refractivity contribution >= 4 is 21.7 Å². The number of halogens is 1. The van der Waals surface area contributed by atoms with Crippen LogP contribution in [-0.2, 0) is 7.05 Å². The number of hydrogen-bond donors (Lipinski definition) is 1. The molecule has 0 aliphatic carbocycles. The Hall–Kier alpha value is -1.29. The van der Waals surface area contributed by atoms with E-state index in [2.05, 4.69) is 46.2 Å². The van der Waals surface area contributed by atoms with E-state index in [1.807, 2.05) is 14.0 Å². The van der Waals surface area contributed by atoms with Crippen LogP contribution >= 0.6 is 15.9 Å². The fraction of sp³-hybridized carbons (Fsp3) is 0.250. The van der Waals surface area contributed by atoms with Gasteiger partial charge in [0.15, 0.2) is 0 Å². The average Bonchev–Trinajstić information content (AvgIpc) is 2.46. The van der Waals surface area contributed by atoms with Crippen LogP contribution < -0.4 is 5.73 Å². The first kappa shape index (κ1) is 11.2. The summed E-state index contributed by atoms with van der Waals surface area (Å²) < 4.78 is 2.76. The summed E-state index contributed by atoms with van der Waals surface area (Å²) in [6.07, 6.45) is 0. The molecule has 2 aromatic rings. The third kappa shape index (κ3) is 1.73. The van der Waals surface area contributed by atoms with Gasteiger partial charge in [-0.3, -0.25) is 4.68 Å². The van der Waals surface area contributed by atoms with Crippen molar-refractivity contribution in [1.82, 2.24) is 9.78 Å². The maximum absolute atomic E-state index is 5.91. The molecule has 2 N–H and O–H groups in total. The number of nitrogens with zero attached hydrogens (tertiary/aromatic N) is 2. The SMILES string of the molecule is Cc1ccc(-c2nn(C)c(N)c2C)c(Br)c1. The molecule has 0 fully saturated rings. The number of nitrogen functional groups attached to an aromatic ring is 1. The van der Waals surface area contributed by atoms with Crippen LogP contribution in [0.3, 0.4) is 0 Å². The normalized spacial score (nSPS) is 10.8. The zero-order valence-electron chi connectivity index (χ0n) is 9.58. The molecule has 3 nitrogen and oxygen atoms in total. The Kier molecular flexibility index (Phi) is 2.76. The van der Waals surface area contributed by atoms with Crippen molar-refractivity contribution in [3.63, 3.8) is 0 Å². The Bertz CT molecular complexity index is 543. The molecule has 0 aliphatic heterocycles. The predicted octanol–water partition coefficient (Wildman–Crippen LogP) is 3.05. The summed E-state index contributed by atoms with van der Waals surface area (Å²) >= 11 is 3.56. The van der Waals surface area contributed by atoms with Crippen LogP contribution in [0.5, 0.6) is 0 Å². The van der Waals surface area contributed by atoms with Crippen LogP contribution in [0.1, 0.15) is 11.1 Å². The highest BCUT2D eigenvalue weighted by Crippen LogP contribution is 2.32. The summed E-state index contributed by atoms with van der Waals surface area (Å²) in [7, 11) is 1.86. The molecule has 0 unspecified atom stereocenters. The monoisotopic (exact) mass is 279 g/mol. The van der Waals surface area contributed by atoms with Crippen LogP contribution in [0.25, 0.3) is 11.3 Å². The van der Waals surface area contributed by atoms with E-state index in [-0.39, 0.29) is 0 Å². The van der Waals surface area contributed by atoms with Gasteiger partial charge < -0.3 is 5.73 Å². The zero-order valence-corrected chi connectivity index (χ0v) is 11.2. The van der Waals surface area contributed by atoms with Gasteiger partial charge in [-0.25, -0.2) is 0 Å². The van der Waals surface area contributed by atoms with Crippen LogP contribution in [0.2, 0.25) is 0 Å². The summed E-state index contributed by atoms with van der Waals surface area (Å²) in [5.41, 5.74) is 10.2. The number of aryl methyl sites for hydroxylation is 2. The van der Waals surface area contributed by atoms with E-state index in [9.17, 15) is 0 Å². The largest absolute Gasteiger partial charge is 0.384 e. The fourth-order valence-corrected chi connectivity index (χ4v) is 2.39. The quantitative estimate of drug-likeness (QED) is 0.872. The lowest BCUT2D eigenvalue weighted by Gasteiger charge is -2.03. The fourth-order valence-electron chi connectivity index (χ4n) is 1.71. The van der Waals surface area contributed by atoms with Gasteiger partial charge in [-0.2, -0.15) is 5.10 Å². The van der Waals surface area contributed by atoms with Crippen LogP contribution in [0, 0.1) is 13.8 Å². The molecule has 16 heavy (non-hydrogen) atoms. The van der Waals surface area contributed by atoms with E-state index in [1.165, 1.54) is 5.56 Å². The molecule has 84 valence electrons. The van der Waals surface area contributed by atoms with E-state index >= 15 is 0 Å². The van der Waals surface area contributed by atoms with Gasteiger partial charge in [0.25, 0.3) is 0 Å². The molecule has 0 aliphatic rings. The molecular formula is C12H14BrN3. The average molecular weight is 280 g/mol. The van der Waals surface area contributed by atoms with Crippen LogP contribution in [-0.4, -0.2) is 9.78 Å². The Balaban J connectivity index is 2.63. The number of anilines is 1. The van der Waals surface area contributed by atoms with E-state index < -0.39 is 0 Å². The van der Waals surface area contributed by atoms with Crippen molar-refractivity contribution in [1.29, 1.82) is 0 Å². The van der Waals surface area contributed by atoms with Crippen molar-refractivity contribution in [3.05, 3.63) is 33.8 Å². The topological polar surface area (TPSA) is 43.8 Å². The summed E-state index contributed by atoms with van der Waals surface area (Å²) in [5.74, 6) is 0.711. The molecular weight excluding hydrogens is 266 g/mol. The number of aromatic nitrogens is 2. The molecule has 4 heteroatoms. The minimum atomic E-state index is 0.711. The summed E-state index contributed by atoms with van der Waals surface area (Å²) in [6, 6.07) is 6.22. The van der Waals surface area contributed by atoms with Gasteiger partial charge in [0.2, 0.25) is 0 Å². The molecule has 1 aromatic heterocycles. The molecule has 1 aromatic carbocycles. The first-order chi connectivity index (χ1) is 7.50. The molecule has 2 rings (SSSR count). The zero-order chi connectivity index (χ0) is 11.9. The number of benzene rings is 1. The van der Waals surface area contributed by atoms with E-state index in [1.54, 1.807) is 4.68 Å². The van der Waals surface area contributed by atoms with Crippen LogP contribution in [0.15, 0.2) is 22.7 Å². The van der Waals surface area contributed by atoms with Crippen molar-refractivity contribution in [3.8, 4) is 11.3 Å². The predicted molar refractivity (Wildman–Crippen MR) is 70.2 cm³/mol. The van der Waals surface area contributed by atoms with Gasteiger partial charge in [0, 0.05) is 22.6 Å². The minimum absolute atomic E-state index is 0.711. The lowest BCUT2D eigenvalue weighted by Crippen LogP contribution is -1.97. The maximum Gasteiger partial charge on any atom is 0.124 e. The lowest BCUT2D eigenvalue weighted by molar-refractivity contribution is 0.782. The number of rotatable bonds is 1. The highest BCUT2D eigenvalue weighted by atomic mass is 79.9. The summed E-state index contributed by atoms with van der Waals surface area (Å²) in [5, 5.41) is 4.43. The van der Waals surface area contributed by atoms with Crippen molar-refractivity contribution in [2.24, 2.45) is 7.05 Å². The maximum atomic E-state index is 5.91. The Morgan fingerprint density at radius 1 is 1.31 bits per heavy atom. The second-order valence-corrected chi connectivity index (χ2v) is 4.82. The molecule has 0 radical (unpaired) electrons. The van der Waals surface area contributed by atoms with Gasteiger partial charge in [0.05, 0.1) is 5.69 Å². The summed E-state index contributed by atoms with van der Waals surface area (Å²) in [6.45, 7) is 4.05. The molecule has 0 saturated heterocycles. The van der Waals surface area contributed by atoms with Gasteiger partial charge in [-0.05, 0) is 25.5 Å². The highest BCUT2D eigenvalue weighted by Gasteiger charge is 2.13. The Labute approximate surface area is 103 Å². The van der Waals surface area contributed by atoms with Crippen molar-refractivity contribution < 1.29 is 0 Å². The number of hydrogen-bond acceptors (Lipinski definition) is 2. The molecule has 0 amide bonds. The lowest BCUT2D eigenvalue weighted by atomic mass is 10.1. The Morgan fingerprint density at radius 2 is 2.00 bits per heavy atom. The second kappa shape index (κ2) is 3.94. The standard InChI is InChI=1S/C12H14BrN3/c1-7-4-5-9(10(13)6-7)11-8(2)12(14)16(3)15-11/h4-6H,14H2,1-3H3. The van der Waals surface area contributed by atoms with Gasteiger partial charge >= 0.3 is 0 Å². The third-order valence-corrected chi connectivity index (χ3v) is 3.37. The Morgan fingerprint density at radius 3 is 2.50 bits per heavy atom. The molecule has 0 saturated carbocycles. The summed E-state index contributed by atoms with van der Waals surface area (Å²) in [4.78, 5) is 0. The molecule has 0 atom stereocenters.